The van der Waals surface area contributed by atoms with Gasteiger partial charge in [-0.15, -0.1) is 11.3 Å². The fraction of sp³-hybridized carbons (Fsp3) is 0.462. The van der Waals surface area contributed by atoms with E-state index in [-0.39, 0.29) is 12.1 Å². The molecule has 0 aliphatic carbocycles. The Kier molecular flexibility index (Phi) is 4.00. The minimum Gasteiger partial charge on any atom is -0.480 e. The zero-order chi connectivity index (χ0) is 14.8. The smallest absolute Gasteiger partial charge is 0.317 e. The highest BCUT2D eigenvalue weighted by Gasteiger charge is 2.19. The van der Waals surface area contributed by atoms with E-state index in [2.05, 4.69) is 14.9 Å². The molecule has 2 aromatic heterocycles. The van der Waals surface area contributed by atoms with Crippen LogP contribution in [0.2, 0.25) is 0 Å². The standard InChI is InChI=1S/C13H16N4O3S/c18-11(19)8-17-4-2-16(3-5-17)7-10-14-9-1-6-21-12(9)13(20)15-10/h1,6H,2-5,7-8H2,(H,18,19)(H,14,15,20). The minimum atomic E-state index is -0.794. The zero-order valence-corrected chi connectivity index (χ0v) is 12.2. The van der Waals surface area contributed by atoms with Gasteiger partial charge in [-0.1, -0.05) is 0 Å². The van der Waals surface area contributed by atoms with Crippen molar-refractivity contribution >= 4 is 27.5 Å². The largest absolute Gasteiger partial charge is 0.480 e. The van der Waals surface area contributed by atoms with Crippen molar-refractivity contribution in [2.45, 2.75) is 6.54 Å². The third-order valence-corrected chi connectivity index (χ3v) is 4.46. The molecule has 0 radical (unpaired) electrons. The number of hydrogen-bond acceptors (Lipinski definition) is 6. The quantitative estimate of drug-likeness (QED) is 0.838. The Bertz CT molecular complexity index is 703. The molecule has 7 nitrogen and oxygen atoms in total. The summed E-state index contributed by atoms with van der Waals surface area (Å²) in [5, 5.41) is 10.6. The van der Waals surface area contributed by atoms with Gasteiger partial charge in [0.15, 0.2) is 0 Å². The predicted molar refractivity (Wildman–Crippen MR) is 79.6 cm³/mol. The molecule has 0 unspecified atom stereocenters. The molecule has 8 heteroatoms. The molecular formula is C13H16N4O3S. The number of aliphatic carboxylic acids is 1. The summed E-state index contributed by atoms with van der Waals surface area (Å²) in [6, 6.07) is 1.85. The number of carbonyl (C=O) groups is 1. The average Bonchev–Trinajstić information content (AvgIpc) is 2.89. The van der Waals surface area contributed by atoms with Crippen LogP contribution in [0.5, 0.6) is 0 Å². The van der Waals surface area contributed by atoms with Crippen molar-refractivity contribution in [3.63, 3.8) is 0 Å². The first-order valence-corrected chi connectivity index (χ1v) is 7.63. The Labute approximate surface area is 124 Å². The molecule has 0 spiro atoms. The number of carboxylic acid groups (broad SMARTS) is 1. The zero-order valence-electron chi connectivity index (χ0n) is 11.4. The van der Waals surface area contributed by atoms with Crippen molar-refractivity contribution in [1.29, 1.82) is 0 Å². The molecule has 0 saturated carbocycles. The topological polar surface area (TPSA) is 89.5 Å². The molecule has 2 N–H and O–H groups in total. The lowest BCUT2D eigenvalue weighted by Gasteiger charge is -2.33. The number of fused-ring (bicyclic) bond motifs is 1. The molecule has 3 heterocycles. The highest BCUT2D eigenvalue weighted by molar-refractivity contribution is 7.17. The minimum absolute atomic E-state index is 0.0871. The lowest BCUT2D eigenvalue weighted by molar-refractivity contribution is -0.138. The summed E-state index contributed by atoms with van der Waals surface area (Å²) in [5.74, 6) is -0.130. The van der Waals surface area contributed by atoms with Crippen LogP contribution in [0, 0.1) is 0 Å². The van der Waals surface area contributed by atoms with E-state index in [1.807, 2.05) is 16.3 Å². The average molecular weight is 308 g/mol. The Hall–Kier alpha value is -1.77. The van der Waals surface area contributed by atoms with Gasteiger partial charge < -0.3 is 10.1 Å². The van der Waals surface area contributed by atoms with Crippen LogP contribution in [-0.2, 0) is 11.3 Å². The molecule has 0 aromatic carbocycles. The Morgan fingerprint density at radius 1 is 1.33 bits per heavy atom. The molecule has 2 aromatic rings. The Morgan fingerprint density at radius 2 is 2.05 bits per heavy atom. The number of carboxylic acids is 1. The molecular weight excluding hydrogens is 292 g/mol. The summed E-state index contributed by atoms with van der Waals surface area (Å²) in [6.45, 7) is 3.66. The van der Waals surface area contributed by atoms with E-state index in [1.165, 1.54) is 11.3 Å². The van der Waals surface area contributed by atoms with E-state index < -0.39 is 5.97 Å². The summed E-state index contributed by atoms with van der Waals surface area (Å²) in [7, 11) is 0. The van der Waals surface area contributed by atoms with Gasteiger partial charge in [-0.05, 0) is 11.4 Å². The van der Waals surface area contributed by atoms with Gasteiger partial charge in [0.25, 0.3) is 5.56 Å². The van der Waals surface area contributed by atoms with Gasteiger partial charge in [0.1, 0.15) is 10.5 Å². The maximum absolute atomic E-state index is 11.9. The highest BCUT2D eigenvalue weighted by Crippen LogP contribution is 2.14. The van der Waals surface area contributed by atoms with Crippen molar-refractivity contribution in [2.24, 2.45) is 0 Å². The lowest BCUT2D eigenvalue weighted by atomic mass is 10.3. The van der Waals surface area contributed by atoms with Crippen LogP contribution in [0.25, 0.3) is 10.2 Å². The van der Waals surface area contributed by atoms with Crippen LogP contribution in [0.15, 0.2) is 16.2 Å². The molecule has 112 valence electrons. The van der Waals surface area contributed by atoms with Crippen LogP contribution in [0.3, 0.4) is 0 Å². The van der Waals surface area contributed by atoms with Crippen molar-refractivity contribution in [1.82, 2.24) is 19.8 Å². The van der Waals surface area contributed by atoms with Gasteiger partial charge in [0, 0.05) is 26.2 Å². The van der Waals surface area contributed by atoms with Gasteiger partial charge in [-0.3, -0.25) is 19.4 Å². The lowest BCUT2D eigenvalue weighted by Crippen LogP contribution is -2.47. The number of H-pyrrole nitrogens is 1. The number of hydrogen-bond donors (Lipinski definition) is 2. The number of aromatic amines is 1. The van der Waals surface area contributed by atoms with E-state index in [4.69, 9.17) is 5.11 Å². The van der Waals surface area contributed by atoms with E-state index in [1.54, 1.807) is 0 Å². The van der Waals surface area contributed by atoms with E-state index >= 15 is 0 Å². The van der Waals surface area contributed by atoms with Crippen LogP contribution >= 0.6 is 11.3 Å². The Morgan fingerprint density at radius 3 is 2.76 bits per heavy atom. The first-order valence-electron chi connectivity index (χ1n) is 6.75. The fourth-order valence-corrected chi connectivity index (χ4v) is 3.23. The maximum atomic E-state index is 11.9. The molecule has 1 aliphatic heterocycles. The fourth-order valence-electron chi connectivity index (χ4n) is 2.51. The van der Waals surface area contributed by atoms with Gasteiger partial charge in [0.05, 0.1) is 18.6 Å². The number of nitrogens with one attached hydrogen (secondary N) is 1. The summed E-state index contributed by atoms with van der Waals surface area (Å²) >= 11 is 1.39. The second-order valence-corrected chi connectivity index (χ2v) is 6.01. The van der Waals surface area contributed by atoms with Gasteiger partial charge in [0.2, 0.25) is 0 Å². The van der Waals surface area contributed by atoms with Crippen LogP contribution < -0.4 is 5.56 Å². The first-order chi connectivity index (χ1) is 10.1. The monoisotopic (exact) mass is 308 g/mol. The summed E-state index contributed by atoms with van der Waals surface area (Å²) in [4.78, 5) is 33.9. The van der Waals surface area contributed by atoms with Crippen molar-refractivity contribution in [2.75, 3.05) is 32.7 Å². The third kappa shape index (κ3) is 3.29. The number of piperazine rings is 1. The second kappa shape index (κ2) is 5.92. The highest BCUT2D eigenvalue weighted by atomic mass is 32.1. The van der Waals surface area contributed by atoms with Gasteiger partial charge >= 0.3 is 5.97 Å². The van der Waals surface area contributed by atoms with Crippen molar-refractivity contribution in [3.05, 3.63) is 27.6 Å². The van der Waals surface area contributed by atoms with E-state index in [0.29, 0.717) is 17.1 Å². The van der Waals surface area contributed by atoms with E-state index in [0.717, 1.165) is 31.7 Å². The molecule has 3 rings (SSSR count). The van der Waals surface area contributed by atoms with Gasteiger partial charge in [-0.25, -0.2) is 4.98 Å². The summed E-state index contributed by atoms with van der Waals surface area (Å²) in [5.41, 5.74) is 0.651. The maximum Gasteiger partial charge on any atom is 0.317 e. The van der Waals surface area contributed by atoms with E-state index in [9.17, 15) is 9.59 Å². The van der Waals surface area contributed by atoms with Crippen LogP contribution in [0.1, 0.15) is 5.82 Å². The molecule has 1 fully saturated rings. The van der Waals surface area contributed by atoms with Crippen molar-refractivity contribution in [3.8, 4) is 0 Å². The van der Waals surface area contributed by atoms with Gasteiger partial charge in [-0.2, -0.15) is 0 Å². The van der Waals surface area contributed by atoms with Crippen LogP contribution in [0.4, 0.5) is 0 Å². The summed E-state index contributed by atoms with van der Waals surface area (Å²) < 4.78 is 0.657. The molecule has 1 aliphatic rings. The normalized spacial score (nSPS) is 17.3. The van der Waals surface area contributed by atoms with Crippen molar-refractivity contribution < 1.29 is 9.90 Å². The first kappa shape index (κ1) is 14.2. The molecule has 21 heavy (non-hydrogen) atoms. The molecule has 0 amide bonds. The Balaban J connectivity index is 1.64. The summed E-state index contributed by atoms with van der Waals surface area (Å²) in [6.07, 6.45) is 0. The third-order valence-electron chi connectivity index (χ3n) is 3.56. The number of nitrogens with zero attached hydrogens (tertiary/aromatic N) is 3. The number of aromatic nitrogens is 2. The molecule has 0 bridgehead atoms. The predicted octanol–water partition coefficient (Wildman–Crippen LogP) is 0.187. The molecule has 1 saturated heterocycles. The molecule has 0 atom stereocenters. The number of thiophene rings is 1. The second-order valence-electron chi connectivity index (χ2n) is 5.09. The number of rotatable bonds is 4. The SMILES string of the molecule is O=C(O)CN1CCN(Cc2nc3ccsc3c(=O)[nH]2)CC1. The van der Waals surface area contributed by atoms with Crippen LogP contribution in [-0.4, -0.2) is 63.6 Å².